The molecule has 2 aromatic rings. The van der Waals surface area contributed by atoms with E-state index in [2.05, 4.69) is 0 Å². The molecule has 6 heteroatoms. The van der Waals surface area contributed by atoms with E-state index in [1.165, 1.54) is 14.2 Å². The van der Waals surface area contributed by atoms with Gasteiger partial charge < -0.3 is 13.9 Å². The zero-order chi connectivity index (χ0) is 19.1. The molecular formula is C21H22NO4P. The van der Waals surface area contributed by atoms with E-state index in [9.17, 15) is 9.36 Å². The van der Waals surface area contributed by atoms with Gasteiger partial charge in [-0.05, 0) is 17.2 Å². The van der Waals surface area contributed by atoms with Crippen LogP contribution in [0, 0.1) is 5.92 Å². The fraction of sp³-hybridized carbons (Fsp3) is 0.286. The molecule has 3 unspecified atom stereocenters. The average molecular weight is 383 g/mol. The molecule has 0 N–H and O–H groups in total. The molecule has 0 bridgehead atoms. The Morgan fingerprint density at radius 2 is 1.59 bits per heavy atom. The molecule has 4 rings (SSSR count). The van der Waals surface area contributed by atoms with Crippen LogP contribution in [0.2, 0.25) is 0 Å². The Morgan fingerprint density at radius 3 is 2.19 bits per heavy atom. The van der Waals surface area contributed by atoms with Gasteiger partial charge in [-0.25, -0.2) is 0 Å². The molecule has 3 atom stereocenters. The van der Waals surface area contributed by atoms with Gasteiger partial charge in [0.05, 0.1) is 6.04 Å². The van der Waals surface area contributed by atoms with Gasteiger partial charge in [0.15, 0.2) is 0 Å². The molecular weight excluding hydrogens is 361 g/mol. The molecule has 140 valence electrons. The fourth-order valence-corrected chi connectivity index (χ4v) is 6.75. The van der Waals surface area contributed by atoms with Gasteiger partial charge in [0, 0.05) is 26.7 Å². The van der Waals surface area contributed by atoms with Crippen molar-refractivity contribution in [2.45, 2.75) is 17.7 Å². The van der Waals surface area contributed by atoms with Crippen LogP contribution in [0.15, 0.2) is 72.8 Å². The van der Waals surface area contributed by atoms with Crippen LogP contribution < -0.4 is 0 Å². The molecule has 1 heterocycles. The molecule has 1 fully saturated rings. The first-order valence-electron chi connectivity index (χ1n) is 8.88. The van der Waals surface area contributed by atoms with Crippen molar-refractivity contribution in [3.05, 3.63) is 83.9 Å². The van der Waals surface area contributed by atoms with E-state index in [1.54, 1.807) is 11.0 Å². The SMILES string of the molecule is COP(=O)(OC)C1(c2ccccc2)C2C=CC(=O)N(Cc3ccccc3)C21. The summed E-state index contributed by atoms with van der Waals surface area (Å²) >= 11 is 0. The Morgan fingerprint density at radius 1 is 1.00 bits per heavy atom. The van der Waals surface area contributed by atoms with Gasteiger partial charge in [-0.3, -0.25) is 9.36 Å². The zero-order valence-corrected chi connectivity index (χ0v) is 16.2. The van der Waals surface area contributed by atoms with Crippen LogP contribution in [-0.4, -0.2) is 31.1 Å². The standard InChI is InChI=1S/C21H22NO4P/c1-25-27(24,26-2)21(17-11-7-4-8-12-17)18-13-14-19(23)22(20(18)21)15-16-9-5-3-6-10-16/h3-14,18,20H,15H2,1-2H3. The highest BCUT2D eigenvalue weighted by molar-refractivity contribution is 7.55. The Hall–Kier alpha value is -2.20. The lowest BCUT2D eigenvalue weighted by atomic mass is 10.1. The van der Waals surface area contributed by atoms with Gasteiger partial charge in [0.2, 0.25) is 5.91 Å². The van der Waals surface area contributed by atoms with E-state index < -0.39 is 12.8 Å². The molecule has 0 spiro atoms. The topological polar surface area (TPSA) is 55.8 Å². The third-order valence-electron chi connectivity index (χ3n) is 5.62. The predicted octanol–water partition coefficient (Wildman–Crippen LogP) is 3.96. The lowest BCUT2D eigenvalue weighted by Crippen LogP contribution is -2.37. The minimum atomic E-state index is -3.51. The van der Waals surface area contributed by atoms with Crippen molar-refractivity contribution in [1.82, 2.24) is 4.90 Å². The second kappa shape index (κ2) is 6.75. The second-order valence-electron chi connectivity index (χ2n) is 6.84. The summed E-state index contributed by atoms with van der Waals surface area (Å²) in [6.45, 7) is 0.452. The Bertz CT molecular complexity index is 906. The van der Waals surface area contributed by atoms with Crippen molar-refractivity contribution in [1.29, 1.82) is 0 Å². The van der Waals surface area contributed by atoms with Gasteiger partial charge in [-0.1, -0.05) is 66.7 Å². The van der Waals surface area contributed by atoms with Crippen molar-refractivity contribution >= 4 is 13.5 Å². The normalized spacial score (nSPS) is 26.7. The zero-order valence-electron chi connectivity index (χ0n) is 15.3. The quantitative estimate of drug-likeness (QED) is 0.709. The van der Waals surface area contributed by atoms with E-state index in [4.69, 9.17) is 9.05 Å². The van der Waals surface area contributed by atoms with Gasteiger partial charge in [-0.15, -0.1) is 0 Å². The van der Waals surface area contributed by atoms with E-state index in [0.717, 1.165) is 11.1 Å². The maximum atomic E-state index is 13.7. The molecule has 27 heavy (non-hydrogen) atoms. The van der Waals surface area contributed by atoms with Crippen LogP contribution in [-0.2, 0) is 30.1 Å². The number of benzene rings is 2. The Balaban J connectivity index is 1.81. The number of nitrogens with zero attached hydrogens (tertiary/aromatic N) is 1. The molecule has 0 aromatic heterocycles. The largest absolute Gasteiger partial charge is 0.343 e. The van der Waals surface area contributed by atoms with E-state index in [1.807, 2.05) is 66.7 Å². The fourth-order valence-electron chi connectivity index (χ4n) is 4.39. The minimum Gasteiger partial charge on any atom is -0.330 e. The highest BCUT2D eigenvalue weighted by Crippen LogP contribution is 2.80. The summed E-state index contributed by atoms with van der Waals surface area (Å²) in [5.74, 6) is -0.205. The lowest BCUT2D eigenvalue weighted by Gasteiger charge is -2.30. The van der Waals surface area contributed by atoms with E-state index in [-0.39, 0.29) is 17.9 Å². The maximum Gasteiger partial charge on any atom is 0.343 e. The summed E-state index contributed by atoms with van der Waals surface area (Å²) in [7, 11) is -0.696. The average Bonchev–Trinajstić information content (AvgIpc) is 3.42. The highest BCUT2D eigenvalue weighted by atomic mass is 31.2. The van der Waals surface area contributed by atoms with Crippen LogP contribution in [0.5, 0.6) is 0 Å². The monoisotopic (exact) mass is 383 g/mol. The number of carbonyl (C=O) groups is 1. The van der Waals surface area contributed by atoms with Crippen molar-refractivity contribution < 1.29 is 18.4 Å². The Labute approximate surface area is 159 Å². The highest BCUT2D eigenvalue weighted by Gasteiger charge is 2.78. The first-order valence-corrected chi connectivity index (χ1v) is 10.4. The predicted molar refractivity (Wildman–Crippen MR) is 103 cm³/mol. The molecule has 1 saturated carbocycles. The first kappa shape index (κ1) is 18.2. The third kappa shape index (κ3) is 2.61. The number of hydrogen-bond donors (Lipinski definition) is 0. The van der Waals surface area contributed by atoms with Crippen molar-refractivity contribution in [2.24, 2.45) is 5.92 Å². The Kier molecular flexibility index (Phi) is 4.55. The molecule has 0 radical (unpaired) electrons. The lowest BCUT2D eigenvalue weighted by molar-refractivity contribution is -0.127. The summed E-state index contributed by atoms with van der Waals surface area (Å²) in [6.07, 6.45) is 3.43. The molecule has 1 aliphatic carbocycles. The third-order valence-corrected chi connectivity index (χ3v) is 8.31. The number of rotatable bonds is 6. The van der Waals surface area contributed by atoms with Crippen LogP contribution in [0.25, 0.3) is 0 Å². The number of carbonyl (C=O) groups excluding carboxylic acids is 1. The van der Waals surface area contributed by atoms with Crippen LogP contribution in [0.1, 0.15) is 11.1 Å². The van der Waals surface area contributed by atoms with Crippen molar-refractivity contribution in [3.8, 4) is 0 Å². The summed E-state index contributed by atoms with van der Waals surface area (Å²) in [5, 5.41) is -0.894. The van der Waals surface area contributed by atoms with Gasteiger partial charge in [0.25, 0.3) is 0 Å². The van der Waals surface area contributed by atoms with Crippen molar-refractivity contribution in [3.63, 3.8) is 0 Å². The maximum absolute atomic E-state index is 13.7. The van der Waals surface area contributed by atoms with Crippen LogP contribution in [0.3, 0.4) is 0 Å². The second-order valence-corrected chi connectivity index (χ2v) is 9.30. The first-order chi connectivity index (χ1) is 13.1. The number of hydrogen-bond acceptors (Lipinski definition) is 4. The van der Waals surface area contributed by atoms with Gasteiger partial charge in [0.1, 0.15) is 5.16 Å². The van der Waals surface area contributed by atoms with Crippen LogP contribution >= 0.6 is 7.60 Å². The summed E-state index contributed by atoms with van der Waals surface area (Å²) in [5.41, 5.74) is 1.89. The summed E-state index contributed by atoms with van der Waals surface area (Å²) in [6, 6.07) is 19.1. The molecule has 5 nitrogen and oxygen atoms in total. The molecule has 1 aliphatic heterocycles. The molecule has 1 amide bonds. The van der Waals surface area contributed by atoms with Crippen LogP contribution in [0.4, 0.5) is 0 Å². The molecule has 2 aromatic carbocycles. The molecule has 2 aliphatic rings. The molecule has 0 saturated heterocycles. The van der Waals surface area contributed by atoms with Crippen molar-refractivity contribution in [2.75, 3.05) is 14.2 Å². The van der Waals surface area contributed by atoms with E-state index >= 15 is 0 Å². The van der Waals surface area contributed by atoms with E-state index in [0.29, 0.717) is 6.54 Å². The summed E-state index contributed by atoms with van der Waals surface area (Å²) in [4.78, 5) is 14.5. The number of fused-ring (bicyclic) bond motifs is 1. The smallest absolute Gasteiger partial charge is 0.330 e. The number of amides is 1. The van der Waals surface area contributed by atoms with Gasteiger partial charge >= 0.3 is 7.60 Å². The van der Waals surface area contributed by atoms with Gasteiger partial charge in [-0.2, -0.15) is 0 Å². The summed E-state index contributed by atoms with van der Waals surface area (Å²) < 4.78 is 24.6. The minimum absolute atomic E-state index is 0.0864.